The molecule has 56 heavy (non-hydrogen) atoms. The van der Waals surface area contributed by atoms with E-state index in [0.717, 1.165) is 11.1 Å². The van der Waals surface area contributed by atoms with Crippen LogP contribution in [0, 0.1) is 10.8 Å². The average Bonchev–Trinajstić information content (AvgIpc) is 4.00. The number of aliphatic hydroxyl groups excluding tert-OH is 1. The number of cyclic esters (lactones) is 1. The summed E-state index contributed by atoms with van der Waals surface area (Å²) < 4.78 is 30.2. The molecule has 9 rings (SSSR count). The fraction of sp³-hybridized carbons (Fsp3) is 0.537. The van der Waals surface area contributed by atoms with Gasteiger partial charge in [-0.2, -0.15) is 5.06 Å². The number of aliphatic hydroxyl groups is 1. The zero-order valence-electron chi connectivity index (χ0n) is 31.2. The van der Waals surface area contributed by atoms with E-state index in [1.54, 1.807) is 37.0 Å². The van der Waals surface area contributed by atoms with Gasteiger partial charge >= 0.3 is 17.9 Å². The van der Waals surface area contributed by atoms with Gasteiger partial charge in [-0.1, -0.05) is 62.4 Å². The number of nitrogens with zero attached hydrogens (tertiary/aromatic N) is 2. The van der Waals surface area contributed by atoms with Crippen LogP contribution in [0.2, 0.25) is 0 Å². The summed E-state index contributed by atoms with van der Waals surface area (Å²) in [4.78, 5) is 75.9. The van der Waals surface area contributed by atoms with Crippen LogP contribution in [0.3, 0.4) is 0 Å². The number of ether oxygens (including phenoxy) is 5. The molecule has 15 heteroatoms. The molecule has 0 aromatic heterocycles. The molecule has 2 aromatic rings. The molecule has 2 aliphatic carbocycles. The van der Waals surface area contributed by atoms with Gasteiger partial charge in [0.15, 0.2) is 11.8 Å². The normalized spacial score (nSPS) is 33.3. The van der Waals surface area contributed by atoms with Gasteiger partial charge in [-0.3, -0.25) is 19.2 Å². The van der Waals surface area contributed by atoms with Crippen molar-refractivity contribution >= 4 is 35.8 Å². The lowest BCUT2D eigenvalue weighted by molar-refractivity contribution is -0.218. The Hall–Kier alpha value is -4.67. The second-order valence-electron chi connectivity index (χ2n) is 16.6. The van der Waals surface area contributed by atoms with Crippen molar-refractivity contribution in [2.75, 3.05) is 26.3 Å². The van der Waals surface area contributed by atoms with Crippen LogP contribution in [-0.2, 0) is 71.9 Å². The molecule has 2 N–H and O–H groups in total. The Bertz CT molecular complexity index is 1980. The first kappa shape index (κ1) is 36.9. The third kappa shape index (κ3) is 6.02. The Morgan fingerprint density at radius 1 is 1.02 bits per heavy atom. The molecule has 1 saturated carbocycles. The zero-order valence-corrected chi connectivity index (χ0v) is 31.2. The smallest absolute Gasteiger partial charge is 0.348 e. The standard InChI is InChI=1S/C41H45N3O12/c1-39(2)22-51-37(49)34(39)53-29(46)13-12-23-7-5-8-24(17-23)21-44-32-36(48)52-28-20-41(32,38(50)43-15-6-11-27(43)35(47)42-14-16-45)33(56-44)31-30(28)54-40(55-31)18-25-9-3-4-10-26(25)19-40/h3-5,7-10,12-13,17,27-28,30-34,45H,6,11,14-16,18-22H2,1-2H3,(H,42,47)/t27-,28-,30+,31+,32+,33-,34+,41+/m1/s1. The Morgan fingerprint density at radius 2 is 1.79 bits per heavy atom. The Kier molecular flexibility index (Phi) is 9.08. The first-order valence-corrected chi connectivity index (χ1v) is 19.3. The maximum Gasteiger partial charge on any atom is 0.348 e. The van der Waals surface area contributed by atoms with Crippen LogP contribution in [0.15, 0.2) is 54.6 Å². The first-order chi connectivity index (χ1) is 26.9. The maximum atomic E-state index is 15.2. The Labute approximate surface area is 323 Å². The van der Waals surface area contributed by atoms with E-state index < -0.39 is 77.1 Å². The minimum Gasteiger partial charge on any atom is -0.462 e. The van der Waals surface area contributed by atoms with Crippen molar-refractivity contribution in [2.45, 2.75) is 101 Å². The van der Waals surface area contributed by atoms with E-state index in [1.165, 1.54) is 11.1 Å². The molecule has 0 unspecified atom stereocenters. The molecule has 2 amide bonds. The van der Waals surface area contributed by atoms with Crippen molar-refractivity contribution in [3.63, 3.8) is 0 Å². The number of benzene rings is 2. The number of rotatable bonds is 9. The van der Waals surface area contributed by atoms with Crippen LogP contribution in [0.25, 0.3) is 6.08 Å². The molecule has 6 fully saturated rings. The largest absolute Gasteiger partial charge is 0.462 e. The molecule has 5 heterocycles. The van der Waals surface area contributed by atoms with E-state index in [9.17, 15) is 24.3 Å². The predicted octanol–water partition coefficient (Wildman–Crippen LogP) is 1.37. The van der Waals surface area contributed by atoms with Crippen LogP contribution in [0.1, 0.15) is 55.4 Å². The van der Waals surface area contributed by atoms with Gasteiger partial charge in [-0.15, -0.1) is 0 Å². The third-order valence-electron chi connectivity index (χ3n) is 12.4. The molecule has 2 bridgehead atoms. The number of fused-ring (bicyclic) bond motifs is 5. The van der Waals surface area contributed by atoms with Crippen LogP contribution in [-0.4, -0.2) is 119 Å². The molecular formula is C41H45N3O12. The van der Waals surface area contributed by atoms with Crippen molar-refractivity contribution in [3.05, 3.63) is 76.9 Å². The van der Waals surface area contributed by atoms with Gasteiger partial charge in [0.2, 0.25) is 17.9 Å². The van der Waals surface area contributed by atoms with Gasteiger partial charge in [0, 0.05) is 43.8 Å². The third-order valence-corrected chi connectivity index (χ3v) is 12.4. The monoisotopic (exact) mass is 771 g/mol. The lowest BCUT2D eigenvalue weighted by atomic mass is 9.62. The molecule has 5 saturated heterocycles. The fourth-order valence-corrected chi connectivity index (χ4v) is 9.82. The second-order valence-corrected chi connectivity index (χ2v) is 16.6. The molecule has 2 aromatic carbocycles. The zero-order chi connectivity index (χ0) is 39.0. The molecule has 1 spiro atoms. The Morgan fingerprint density at radius 3 is 2.52 bits per heavy atom. The van der Waals surface area contributed by atoms with Gasteiger partial charge in [-0.25, -0.2) is 9.59 Å². The SMILES string of the molecule is CC1(C)COC(=O)[C@@H]1OC(=O)C=Cc1cccc(CN2O[C@@H]3[C@H]4OC5(Cc6ccccc6C5)O[C@H]4[C@H]4C[C@]3(C(=O)N3CCC[C@@H]3C(=O)NCCO)[C@@H]2C(=O)O4)c1. The summed E-state index contributed by atoms with van der Waals surface area (Å²) in [6.45, 7) is 3.94. The number of likely N-dealkylation sites (tertiary alicyclic amines) is 1. The van der Waals surface area contributed by atoms with E-state index >= 15 is 4.79 Å². The average molecular weight is 772 g/mol. The predicted molar refractivity (Wildman–Crippen MR) is 192 cm³/mol. The van der Waals surface area contributed by atoms with Crippen molar-refractivity contribution in [1.29, 1.82) is 0 Å². The summed E-state index contributed by atoms with van der Waals surface area (Å²) in [5, 5.41) is 13.6. The number of carbonyl (C=O) groups is 5. The summed E-state index contributed by atoms with van der Waals surface area (Å²) in [7, 11) is 0. The number of hydrogen-bond acceptors (Lipinski definition) is 13. The van der Waals surface area contributed by atoms with Gasteiger partial charge in [-0.05, 0) is 41.2 Å². The minimum atomic E-state index is -1.46. The Balaban J connectivity index is 1.01. The molecule has 0 radical (unpaired) electrons. The number of hydroxylamine groups is 2. The molecule has 8 atom stereocenters. The van der Waals surface area contributed by atoms with Gasteiger partial charge < -0.3 is 39.0 Å². The van der Waals surface area contributed by atoms with E-state index in [-0.39, 0.29) is 44.5 Å². The van der Waals surface area contributed by atoms with Crippen molar-refractivity contribution in [1.82, 2.24) is 15.3 Å². The van der Waals surface area contributed by atoms with Crippen LogP contribution in [0.4, 0.5) is 0 Å². The van der Waals surface area contributed by atoms with Crippen molar-refractivity contribution in [3.8, 4) is 0 Å². The van der Waals surface area contributed by atoms with Crippen molar-refractivity contribution < 1.29 is 57.6 Å². The lowest BCUT2D eigenvalue weighted by Crippen LogP contribution is -2.70. The second kappa shape index (κ2) is 13.8. The summed E-state index contributed by atoms with van der Waals surface area (Å²) in [5.41, 5.74) is 1.45. The number of nitrogens with one attached hydrogen (secondary N) is 1. The number of esters is 3. The molecule has 5 aliphatic heterocycles. The summed E-state index contributed by atoms with van der Waals surface area (Å²) in [5.74, 6) is -3.65. The first-order valence-electron chi connectivity index (χ1n) is 19.3. The molecular weight excluding hydrogens is 726 g/mol. The summed E-state index contributed by atoms with van der Waals surface area (Å²) >= 11 is 0. The number of amides is 2. The number of hydrogen-bond donors (Lipinski definition) is 2. The van der Waals surface area contributed by atoms with E-state index in [0.29, 0.717) is 43.4 Å². The van der Waals surface area contributed by atoms with Gasteiger partial charge in [0.05, 0.1) is 13.2 Å². The lowest BCUT2D eigenvalue weighted by Gasteiger charge is -2.50. The fourth-order valence-electron chi connectivity index (χ4n) is 9.82. The topological polar surface area (TPSA) is 179 Å². The number of carbonyl (C=O) groups excluding carboxylic acids is 5. The van der Waals surface area contributed by atoms with Gasteiger partial charge in [0.1, 0.15) is 42.5 Å². The molecule has 7 aliphatic rings. The summed E-state index contributed by atoms with van der Waals surface area (Å²) in [6.07, 6.45) is 0.759. The summed E-state index contributed by atoms with van der Waals surface area (Å²) in [6, 6.07) is 13.3. The van der Waals surface area contributed by atoms with E-state index in [1.807, 2.05) is 36.4 Å². The highest BCUT2D eigenvalue weighted by atomic mass is 16.8. The molecule has 296 valence electrons. The van der Waals surface area contributed by atoms with Crippen LogP contribution < -0.4 is 5.32 Å². The molecule has 15 nitrogen and oxygen atoms in total. The quantitative estimate of drug-likeness (QED) is 0.212. The minimum absolute atomic E-state index is 0.0568. The van der Waals surface area contributed by atoms with Crippen LogP contribution >= 0.6 is 0 Å². The van der Waals surface area contributed by atoms with E-state index in [4.69, 9.17) is 28.5 Å². The van der Waals surface area contributed by atoms with Crippen molar-refractivity contribution in [2.24, 2.45) is 10.8 Å². The van der Waals surface area contributed by atoms with Gasteiger partial charge in [0.25, 0.3) is 0 Å². The van der Waals surface area contributed by atoms with Crippen LogP contribution in [0.5, 0.6) is 0 Å². The maximum absolute atomic E-state index is 15.2. The highest BCUT2D eigenvalue weighted by molar-refractivity contribution is 5.96. The van der Waals surface area contributed by atoms with E-state index in [2.05, 4.69) is 5.32 Å². The highest BCUT2D eigenvalue weighted by Gasteiger charge is 2.77. The highest BCUT2D eigenvalue weighted by Crippen LogP contribution is 2.59.